The lowest BCUT2D eigenvalue weighted by Gasteiger charge is -2.09. The molecule has 0 bridgehead atoms. The molecule has 0 radical (unpaired) electrons. The summed E-state index contributed by atoms with van der Waals surface area (Å²) in [5.41, 5.74) is 2.88. The van der Waals surface area contributed by atoms with Gasteiger partial charge in [-0.2, -0.15) is 5.26 Å². The highest BCUT2D eigenvalue weighted by Gasteiger charge is 2.06. The van der Waals surface area contributed by atoms with Gasteiger partial charge in [-0.1, -0.05) is 40.2 Å². The number of benzene rings is 2. The number of anilines is 1. The van der Waals surface area contributed by atoms with Gasteiger partial charge >= 0.3 is 0 Å². The van der Waals surface area contributed by atoms with Crippen LogP contribution in [0.4, 0.5) is 5.69 Å². The van der Waals surface area contributed by atoms with Crippen LogP contribution in [-0.2, 0) is 9.59 Å². The van der Waals surface area contributed by atoms with Crippen LogP contribution in [0.3, 0.4) is 0 Å². The number of rotatable bonds is 6. The monoisotopic (exact) mass is 411 g/mol. The predicted octanol–water partition coefficient (Wildman–Crippen LogP) is 3.79. The van der Waals surface area contributed by atoms with Crippen molar-refractivity contribution in [3.8, 4) is 6.07 Å². The van der Waals surface area contributed by atoms with Crippen LogP contribution in [0.25, 0.3) is 6.08 Å². The van der Waals surface area contributed by atoms with Crippen LogP contribution in [0.5, 0.6) is 0 Å². The first kappa shape index (κ1) is 19.4. The first-order valence-electron chi connectivity index (χ1n) is 8.00. The zero-order valence-corrected chi connectivity index (χ0v) is 15.8. The van der Waals surface area contributed by atoms with Crippen LogP contribution in [0, 0.1) is 18.3 Å². The Morgan fingerprint density at radius 3 is 2.77 bits per heavy atom. The van der Waals surface area contributed by atoms with Crippen molar-refractivity contribution in [3.05, 3.63) is 69.7 Å². The minimum Gasteiger partial charge on any atom is -0.352 e. The molecule has 2 rings (SSSR count). The molecule has 2 amide bonds. The second-order valence-electron chi connectivity index (χ2n) is 5.58. The summed E-state index contributed by atoms with van der Waals surface area (Å²) >= 11 is 3.37. The zero-order chi connectivity index (χ0) is 18.9. The second kappa shape index (κ2) is 9.54. The molecule has 2 aromatic rings. The van der Waals surface area contributed by atoms with Gasteiger partial charge in [-0.15, -0.1) is 0 Å². The van der Waals surface area contributed by atoms with E-state index in [1.807, 2.05) is 25.1 Å². The maximum Gasteiger partial charge on any atom is 0.244 e. The van der Waals surface area contributed by atoms with Gasteiger partial charge in [-0.05, 0) is 42.3 Å². The van der Waals surface area contributed by atoms with E-state index in [1.165, 1.54) is 6.08 Å². The Morgan fingerprint density at radius 2 is 2.00 bits per heavy atom. The lowest BCUT2D eigenvalue weighted by atomic mass is 10.1. The van der Waals surface area contributed by atoms with Gasteiger partial charge in [0.1, 0.15) is 0 Å². The molecule has 0 aromatic heterocycles. The Morgan fingerprint density at radius 1 is 1.23 bits per heavy atom. The molecule has 0 aliphatic heterocycles. The number of halogens is 1. The second-order valence-corrected chi connectivity index (χ2v) is 6.50. The van der Waals surface area contributed by atoms with Crippen LogP contribution in [0.1, 0.15) is 23.1 Å². The molecule has 0 saturated heterocycles. The summed E-state index contributed by atoms with van der Waals surface area (Å²) < 4.78 is 0.884. The highest BCUT2D eigenvalue weighted by Crippen LogP contribution is 2.20. The molecular weight excluding hydrogens is 394 g/mol. The number of hydrogen-bond donors (Lipinski definition) is 2. The Hall–Kier alpha value is -2.91. The molecule has 0 spiro atoms. The number of nitrogens with zero attached hydrogens (tertiary/aromatic N) is 1. The fourth-order valence-electron chi connectivity index (χ4n) is 2.21. The Kier molecular flexibility index (Phi) is 7.12. The highest BCUT2D eigenvalue weighted by atomic mass is 79.9. The Labute approximate surface area is 160 Å². The molecule has 0 saturated carbocycles. The molecule has 5 nitrogen and oxygen atoms in total. The lowest BCUT2D eigenvalue weighted by molar-refractivity contribution is -0.117. The molecular formula is C20H18BrN3O2. The van der Waals surface area contributed by atoms with Crippen molar-refractivity contribution in [2.75, 3.05) is 11.9 Å². The van der Waals surface area contributed by atoms with Crippen LogP contribution in [0.15, 0.2) is 53.0 Å². The summed E-state index contributed by atoms with van der Waals surface area (Å²) in [6.07, 6.45) is 3.10. The van der Waals surface area contributed by atoms with Crippen LogP contribution in [0.2, 0.25) is 0 Å². The van der Waals surface area contributed by atoms with Crippen molar-refractivity contribution in [1.82, 2.24) is 5.32 Å². The standard InChI is InChI=1S/C20H18BrN3O2/c1-14-6-8-17(21)12-18(14)24-20(26)10-11-23-19(25)9-7-15-4-2-3-5-16(15)13-22/h2-9,12H,10-11H2,1H3,(H,23,25)(H,24,26)/b9-7+. The van der Waals surface area contributed by atoms with Crippen molar-refractivity contribution in [1.29, 1.82) is 5.26 Å². The van der Waals surface area contributed by atoms with Gasteiger partial charge in [0.2, 0.25) is 11.8 Å². The van der Waals surface area contributed by atoms with Gasteiger partial charge in [0.25, 0.3) is 0 Å². The van der Waals surface area contributed by atoms with Gasteiger partial charge in [0, 0.05) is 29.2 Å². The molecule has 6 heteroatoms. The van der Waals surface area contributed by atoms with E-state index in [4.69, 9.17) is 5.26 Å². The fraction of sp³-hybridized carbons (Fsp3) is 0.150. The molecule has 26 heavy (non-hydrogen) atoms. The average molecular weight is 412 g/mol. The zero-order valence-electron chi connectivity index (χ0n) is 14.3. The summed E-state index contributed by atoms with van der Waals surface area (Å²) in [6.45, 7) is 2.13. The van der Waals surface area contributed by atoms with E-state index in [0.29, 0.717) is 11.1 Å². The molecule has 2 N–H and O–H groups in total. The SMILES string of the molecule is Cc1ccc(Br)cc1NC(=O)CCNC(=O)/C=C/c1ccccc1C#N. The van der Waals surface area contributed by atoms with E-state index in [-0.39, 0.29) is 24.8 Å². The lowest BCUT2D eigenvalue weighted by Crippen LogP contribution is -2.26. The van der Waals surface area contributed by atoms with Crippen molar-refractivity contribution in [3.63, 3.8) is 0 Å². The third kappa shape index (κ3) is 5.87. The Bertz CT molecular complexity index is 885. The number of carbonyl (C=O) groups is 2. The third-order valence-electron chi connectivity index (χ3n) is 3.62. The molecule has 0 fully saturated rings. The molecule has 2 aromatic carbocycles. The fourth-order valence-corrected chi connectivity index (χ4v) is 2.57. The Balaban J connectivity index is 1.81. The summed E-state index contributed by atoms with van der Waals surface area (Å²) in [5, 5.41) is 14.5. The minimum absolute atomic E-state index is 0.167. The topological polar surface area (TPSA) is 82.0 Å². The summed E-state index contributed by atoms with van der Waals surface area (Å²) in [5.74, 6) is -0.491. The number of aryl methyl sites for hydroxylation is 1. The summed E-state index contributed by atoms with van der Waals surface area (Å²) in [6, 6.07) is 14.7. The largest absolute Gasteiger partial charge is 0.352 e. The normalized spacial score (nSPS) is 10.3. The van der Waals surface area contributed by atoms with Crippen molar-refractivity contribution < 1.29 is 9.59 Å². The molecule has 0 aliphatic rings. The van der Waals surface area contributed by atoms with Gasteiger partial charge in [0.05, 0.1) is 11.6 Å². The number of nitrogens with one attached hydrogen (secondary N) is 2. The molecule has 0 aliphatic carbocycles. The number of carbonyl (C=O) groups excluding carboxylic acids is 2. The van der Waals surface area contributed by atoms with Gasteiger partial charge in [0.15, 0.2) is 0 Å². The van der Waals surface area contributed by atoms with E-state index >= 15 is 0 Å². The van der Waals surface area contributed by atoms with Crippen molar-refractivity contribution >= 4 is 39.5 Å². The molecule has 132 valence electrons. The summed E-state index contributed by atoms with van der Waals surface area (Å²) in [4.78, 5) is 23.8. The highest BCUT2D eigenvalue weighted by molar-refractivity contribution is 9.10. The average Bonchev–Trinajstić information content (AvgIpc) is 2.63. The van der Waals surface area contributed by atoms with Crippen LogP contribution >= 0.6 is 15.9 Å². The third-order valence-corrected chi connectivity index (χ3v) is 4.11. The molecule has 0 unspecified atom stereocenters. The van der Waals surface area contributed by atoms with E-state index in [2.05, 4.69) is 32.6 Å². The smallest absolute Gasteiger partial charge is 0.244 e. The van der Waals surface area contributed by atoms with E-state index in [1.54, 1.807) is 30.3 Å². The molecule has 0 heterocycles. The first-order valence-corrected chi connectivity index (χ1v) is 8.80. The van der Waals surface area contributed by atoms with E-state index in [9.17, 15) is 9.59 Å². The van der Waals surface area contributed by atoms with Crippen molar-refractivity contribution in [2.24, 2.45) is 0 Å². The van der Waals surface area contributed by atoms with Crippen molar-refractivity contribution in [2.45, 2.75) is 13.3 Å². The number of nitriles is 1. The quantitative estimate of drug-likeness (QED) is 0.709. The first-order chi connectivity index (χ1) is 12.5. The summed E-state index contributed by atoms with van der Waals surface area (Å²) in [7, 11) is 0. The maximum absolute atomic E-state index is 12.0. The van der Waals surface area contributed by atoms with Gasteiger partial charge in [-0.25, -0.2) is 0 Å². The minimum atomic E-state index is -0.316. The maximum atomic E-state index is 12.0. The van der Waals surface area contributed by atoms with E-state index in [0.717, 1.165) is 15.7 Å². The van der Waals surface area contributed by atoms with Crippen LogP contribution < -0.4 is 10.6 Å². The predicted molar refractivity (Wildman–Crippen MR) is 105 cm³/mol. The van der Waals surface area contributed by atoms with Gasteiger partial charge < -0.3 is 10.6 Å². The van der Waals surface area contributed by atoms with E-state index < -0.39 is 0 Å². The number of amides is 2. The van der Waals surface area contributed by atoms with Gasteiger partial charge in [-0.3, -0.25) is 9.59 Å². The number of hydrogen-bond acceptors (Lipinski definition) is 3. The van der Waals surface area contributed by atoms with Crippen LogP contribution in [-0.4, -0.2) is 18.4 Å². The molecule has 0 atom stereocenters.